The minimum absolute atomic E-state index is 0.0167. The molecule has 3 aromatic rings. The van der Waals surface area contributed by atoms with E-state index >= 15 is 0 Å². The fourth-order valence-electron chi connectivity index (χ4n) is 5.83. The van der Waals surface area contributed by atoms with Gasteiger partial charge in [-0.05, 0) is 91.3 Å². The molecule has 0 aliphatic heterocycles. The lowest BCUT2D eigenvalue weighted by Gasteiger charge is -2.21. The van der Waals surface area contributed by atoms with Crippen molar-refractivity contribution >= 4 is 22.6 Å². The van der Waals surface area contributed by atoms with Gasteiger partial charge in [0.2, 0.25) is 5.91 Å². The molecule has 1 N–H and O–H groups in total. The Labute approximate surface area is 187 Å². The van der Waals surface area contributed by atoms with E-state index in [1.807, 2.05) is 13.1 Å². The summed E-state index contributed by atoms with van der Waals surface area (Å²) in [5.41, 5.74) is 2.76. The van der Waals surface area contributed by atoms with Crippen LogP contribution in [-0.2, 0) is 4.79 Å². The monoisotopic (exact) mass is 427 g/mol. The molecule has 1 amide bonds. The van der Waals surface area contributed by atoms with E-state index in [1.54, 1.807) is 30.5 Å². The molecule has 0 bridgehead atoms. The van der Waals surface area contributed by atoms with Gasteiger partial charge < -0.3 is 5.32 Å². The number of rotatable bonds is 4. The number of carbonyl (C=O) groups is 1. The number of carbonyl (C=O) groups excluding carboxylic acids is 1. The zero-order valence-electron chi connectivity index (χ0n) is 18.1. The molecule has 0 radical (unpaired) electrons. The highest BCUT2D eigenvalue weighted by molar-refractivity contribution is 5.91. The summed E-state index contributed by atoms with van der Waals surface area (Å²) in [5.74, 6) is 4.84. The van der Waals surface area contributed by atoms with Crippen LogP contribution in [0.2, 0.25) is 0 Å². The normalized spacial score (nSPS) is 25.3. The molecular formula is C27H26FN3O. The zero-order valence-corrected chi connectivity index (χ0v) is 18.1. The number of nitrogens with zero attached hydrogens (tertiary/aromatic N) is 2. The summed E-state index contributed by atoms with van der Waals surface area (Å²) in [5, 5.41) is 3.87. The Morgan fingerprint density at radius 1 is 1.12 bits per heavy atom. The van der Waals surface area contributed by atoms with Crippen LogP contribution < -0.4 is 5.32 Å². The van der Waals surface area contributed by atoms with Crippen molar-refractivity contribution in [2.75, 3.05) is 5.32 Å². The molecule has 162 valence electrons. The van der Waals surface area contributed by atoms with E-state index in [4.69, 9.17) is 6.42 Å². The molecule has 32 heavy (non-hydrogen) atoms. The predicted molar refractivity (Wildman–Crippen MR) is 123 cm³/mol. The van der Waals surface area contributed by atoms with Crippen molar-refractivity contribution in [3.05, 3.63) is 65.7 Å². The number of benzene rings is 1. The van der Waals surface area contributed by atoms with E-state index in [2.05, 4.69) is 27.3 Å². The summed E-state index contributed by atoms with van der Waals surface area (Å²) in [6, 6.07) is 10.4. The second-order valence-corrected chi connectivity index (χ2v) is 9.34. The van der Waals surface area contributed by atoms with Gasteiger partial charge >= 0.3 is 0 Å². The lowest BCUT2D eigenvalue weighted by Crippen LogP contribution is -2.26. The van der Waals surface area contributed by atoms with Gasteiger partial charge in [-0.15, -0.1) is 6.42 Å². The smallest absolute Gasteiger partial charge is 0.228 e. The molecule has 4 nitrogen and oxygen atoms in total. The van der Waals surface area contributed by atoms with Gasteiger partial charge in [0, 0.05) is 29.3 Å². The average Bonchev–Trinajstić information content (AvgIpc) is 3.38. The molecule has 2 aromatic heterocycles. The summed E-state index contributed by atoms with van der Waals surface area (Å²) >= 11 is 0. The highest BCUT2D eigenvalue weighted by Crippen LogP contribution is 2.54. The van der Waals surface area contributed by atoms with E-state index in [-0.39, 0.29) is 17.6 Å². The number of terminal acetylenes is 1. The maximum atomic E-state index is 13.9. The first-order valence-electron chi connectivity index (χ1n) is 11.3. The van der Waals surface area contributed by atoms with Crippen LogP contribution in [0.15, 0.2) is 48.8 Å². The van der Waals surface area contributed by atoms with Crippen LogP contribution in [0.5, 0.6) is 0 Å². The fourth-order valence-corrected chi connectivity index (χ4v) is 5.83. The van der Waals surface area contributed by atoms with Crippen LogP contribution in [0, 0.1) is 41.8 Å². The molecule has 0 saturated heterocycles. The number of pyridine rings is 2. The van der Waals surface area contributed by atoms with Gasteiger partial charge in [-0.3, -0.25) is 9.78 Å². The Kier molecular flexibility index (Phi) is 5.38. The summed E-state index contributed by atoms with van der Waals surface area (Å²) in [4.78, 5) is 21.4. The lowest BCUT2D eigenvalue weighted by molar-refractivity contribution is -0.120. The van der Waals surface area contributed by atoms with Crippen molar-refractivity contribution in [2.24, 2.45) is 23.7 Å². The Morgan fingerprint density at radius 3 is 2.59 bits per heavy atom. The second-order valence-electron chi connectivity index (χ2n) is 9.34. The number of aromatic nitrogens is 2. The number of hydrogen-bond donors (Lipinski definition) is 1. The SMILES string of the molecule is C#Cc1ccc(NC(=O)C(C)[C@H]2CC3CC(c4ccnc5ccc(F)cc45)C[C@@H]3C2)nc1. The standard InChI is InChI=1S/C27H26FN3O/c1-3-17-4-7-26(30-15-17)31-27(32)16(2)18-10-19-12-21(13-20(19)11-18)23-8-9-29-25-6-5-22(28)14-24(23)25/h1,4-9,14-16,18-21H,10-13H2,2H3,(H,30,31,32)/t16?,18-,19+,20?,21?/m1/s1. The molecule has 2 saturated carbocycles. The lowest BCUT2D eigenvalue weighted by atomic mass is 9.86. The first kappa shape index (κ1) is 20.6. The predicted octanol–water partition coefficient (Wildman–Crippen LogP) is 5.54. The topological polar surface area (TPSA) is 54.9 Å². The van der Waals surface area contributed by atoms with Gasteiger partial charge in [-0.25, -0.2) is 9.37 Å². The quantitative estimate of drug-likeness (QED) is 0.556. The molecule has 2 heterocycles. The summed E-state index contributed by atoms with van der Waals surface area (Å²) in [6.45, 7) is 2.02. The van der Waals surface area contributed by atoms with Gasteiger partial charge in [0.15, 0.2) is 0 Å². The van der Waals surface area contributed by atoms with Crippen LogP contribution in [0.25, 0.3) is 10.9 Å². The number of hydrogen-bond acceptors (Lipinski definition) is 3. The molecule has 2 aliphatic carbocycles. The minimum Gasteiger partial charge on any atom is -0.310 e. The van der Waals surface area contributed by atoms with Crippen LogP contribution in [0.3, 0.4) is 0 Å². The van der Waals surface area contributed by atoms with Gasteiger partial charge in [0.1, 0.15) is 11.6 Å². The Bertz CT molecular complexity index is 1190. The van der Waals surface area contributed by atoms with Gasteiger partial charge in [0.05, 0.1) is 5.52 Å². The van der Waals surface area contributed by atoms with Gasteiger partial charge in [-0.2, -0.15) is 0 Å². The highest BCUT2D eigenvalue weighted by atomic mass is 19.1. The summed E-state index contributed by atoms with van der Waals surface area (Å²) < 4.78 is 13.9. The van der Waals surface area contributed by atoms with E-state index in [1.165, 1.54) is 11.6 Å². The number of anilines is 1. The number of halogens is 1. The molecule has 5 rings (SSSR count). The van der Waals surface area contributed by atoms with Crippen molar-refractivity contribution < 1.29 is 9.18 Å². The molecule has 5 heteroatoms. The van der Waals surface area contributed by atoms with Crippen LogP contribution in [-0.4, -0.2) is 15.9 Å². The minimum atomic E-state index is -0.215. The molecule has 2 aliphatic rings. The highest BCUT2D eigenvalue weighted by Gasteiger charge is 2.44. The zero-order chi connectivity index (χ0) is 22.2. The molecular weight excluding hydrogens is 401 g/mol. The third-order valence-electron chi connectivity index (χ3n) is 7.53. The third kappa shape index (κ3) is 3.86. The van der Waals surface area contributed by atoms with Crippen LogP contribution in [0.1, 0.15) is 49.7 Å². The number of fused-ring (bicyclic) bond motifs is 2. The first-order valence-corrected chi connectivity index (χ1v) is 11.3. The van der Waals surface area contributed by atoms with E-state index in [9.17, 15) is 9.18 Å². The fraction of sp³-hybridized carbons (Fsp3) is 0.370. The van der Waals surface area contributed by atoms with Crippen molar-refractivity contribution in [1.29, 1.82) is 0 Å². The van der Waals surface area contributed by atoms with Crippen molar-refractivity contribution in [1.82, 2.24) is 9.97 Å². The van der Waals surface area contributed by atoms with Crippen LogP contribution in [0.4, 0.5) is 10.2 Å². The van der Waals surface area contributed by atoms with Crippen molar-refractivity contribution in [3.8, 4) is 12.3 Å². The number of nitrogens with one attached hydrogen (secondary N) is 1. The summed E-state index contributed by atoms with van der Waals surface area (Å²) in [6.07, 6.45) is 13.1. The molecule has 2 fully saturated rings. The maximum Gasteiger partial charge on any atom is 0.228 e. The average molecular weight is 428 g/mol. The Morgan fingerprint density at radius 2 is 1.91 bits per heavy atom. The van der Waals surface area contributed by atoms with Crippen LogP contribution >= 0.6 is 0 Å². The second kappa shape index (κ2) is 8.35. The molecule has 1 aromatic carbocycles. The molecule has 5 atom stereocenters. The van der Waals surface area contributed by atoms with E-state index in [0.717, 1.165) is 36.6 Å². The number of amides is 1. The van der Waals surface area contributed by atoms with E-state index in [0.29, 0.717) is 35.1 Å². The van der Waals surface area contributed by atoms with Gasteiger partial charge in [-0.1, -0.05) is 12.8 Å². The Balaban J connectivity index is 1.23. The maximum absolute atomic E-state index is 13.9. The first-order chi connectivity index (χ1) is 15.5. The van der Waals surface area contributed by atoms with E-state index < -0.39 is 0 Å². The third-order valence-corrected chi connectivity index (χ3v) is 7.53. The van der Waals surface area contributed by atoms with Gasteiger partial charge in [0.25, 0.3) is 0 Å². The van der Waals surface area contributed by atoms with Crippen molar-refractivity contribution in [2.45, 2.75) is 38.5 Å². The molecule has 0 spiro atoms. The Hall–Kier alpha value is -3.26. The molecule has 3 unspecified atom stereocenters. The van der Waals surface area contributed by atoms with Crippen molar-refractivity contribution in [3.63, 3.8) is 0 Å². The summed E-state index contributed by atoms with van der Waals surface area (Å²) in [7, 11) is 0. The largest absolute Gasteiger partial charge is 0.310 e.